The summed E-state index contributed by atoms with van der Waals surface area (Å²) >= 11 is 6.10. The van der Waals surface area contributed by atoms with Crippen molar-refractivity contribution < 1.29 is 13.9 Å². The number of nitrogens with one attached hydrogen (secondary N) is 1. The zero-order chi connectivity index (χ0) is 15.5. The van der Waals surface area contributed by atoms with Crippen molar-refractivity contribution in [1.82, 2.24) is 5.32 Å². The van der Waals surface area contributed by atoms with Crippen molar-refractivity contribution in [2.24, 2.45) is 5.92 Å². The molecule has 1 heterocycles. The van der Waals surface area contributed by atoms with Gasteiger partial charge >= 0.3 is 0 Å². The number of halogens is 2. The van der Waals surface area contributed by atoms with Gasteiger partial charge in [-0.1, -0.05) is 31.5 Å². The summed E-state index contributed by atoms with van der Waals surface area (Å²) in [6.45, 7) is 5.47. The van der Waals surface area contributed by atoms with Gasteiger partial charge in [0.25, 0.3) is 0 Å². The molecule has 0 radical (unpaired) electrons. The third kappa shape index (κ3) is 4.17. The van der Waals surface area contributed by atoms with E-state index < -0.39 is 5.41 Å². The lowest BCUT2D eigenvalue weighted by atomic mass is 9.84. The molecule has 0 bridgehead atoms. The first-order valence-corrected chi connectivity index (χ1v) is 7.57. The topological polar surface area (TPSA) is 38.3 Å². The molecule has 0 aromatic heterocycles. The van der Waals surface area contributed by atoms with E-state index in [-0.39, 0.29) is 11.7 Å². The lowest BCUT2D eigenvalue weighted by Gasteiger charge is -2.27. The molecule has 3 nitrogen and oxygen atoms in total. The Morgan fingerprint density at radius 3 is 2.90 bits per heavy atom. The van der Waals surface area contributed by atoms with Crippen LogP contribution in [0.4, 0.5) is 4.39 Å². The maximum atomic E-state index is 14.0. The Hall–Kier alpha value is -1.13. The predicted octanol–water partition coefficient (Wildman–Crippen LogP) is 3.30. The lowest BCUT2D eigenvalue weighted by molar-refractivity contribution is -0.122. The molecular weight excluding hydrogens is 293 g/mol. The first-order valence-electron chi connectivity index (χ1n) is 7.19. The largest absolute Gasteiger partial charge is 0.381 e. The highest BCUT2D eigenvalue weighted by Crippen LogP contribution is 2.31. The smallest absolute Gasteiger partial charge is 0.220 e. The number of amides is 1. The average molecular weight is 314 g/mol. The Morgan fingerprint density at radius 1 is 1.52 bits per heavy atom. The maximum Gasteiger partial charge on any atom is 0.220 e. The van der Waals surface area contributed by atoms with Gasteiger partial charge in [-0.25, -0.2) is 4.39 Å². The number of carbonyl (C=O) groups excluding carboxylic acids is 1. The minimum atomic E-state index is -0.565. The van der Waals surface area contributed by atoms with E-state index in [0.29, 0.717) is 36.1 Å². The molecule has 1 N–H and O–H groups in total. The standard InChI is InChI=1S/C16H21ClFNO2/c1-16(2,15-12(17)4-3-5-13(15)18)10-19-14(20)8-11-6-7-21-9-11/h3-5,11H,6-10H2,1-2H3,(H,19,20)/t11-/m1/s1. The van der Waals surface area contributed by atoms with Gasteiger partial charge in [-0.15, -0.1) is 0 Å². The predicted molar refractivity (Wildman–Crippen MR) is 81.0 cm³/mol. The minimum Gasteiger partial charge on any atom is -0.381 e. The number of benzene rings is 1. The zero-order valence-corrected chi connectivity index (χ0v) is 13.2. The summed E-state index contributed by atoms with van der Waals surface area (Å²) in [4.78, 5) is 12.0. The molecule has 1 atom stereocenters. The molecule has 0 aliphatic carbocycles. The fourth-order valence-corrected chi connectivity index (χ4v) is 3.05. The van der Waals surface area contributed by atoms with Crippen molar-refractivity contribution in [2.45, 2.75) is 32.1 Å². The average Bonchev–Trinajstić information content (AvgIpc) is 2.89. The second kappa shape index (κ2) is 6.75. The number of ether oxygens (including phenoxy) is 1. The second-order valence-corrected chi connectivity index (χ2v) is 6.60. The molecule has 1 aliphatic rings. The highest BCUT2D eigenvalue weighted by atomic mass is 35.5. The molecule has 1 aromatic carbocycles. The Bertz CT molecular complexity index is 493. The minimum absolute atomic E-state index is 0.0222. The van der Waals surface area contributed by atoms with E-state index in [2.05, 4.69) is 5.32 Å². The summed E-state index contributed by atoms with van der Waals surface area (Å²) in [7, 11) is 0. The summed E-state index contributed by atoms with van der Waals surface area (Å²) < 4.78 is 19.2. The van der Waals surface area contributed by atoms with E-state index in [4.69, 9.17) is 16.3 Å². The van der Waals surface area contributed by atoms with Gasteiger partial charge in [0, 0.05) is 42.2 Å². The highest BCUT2D eigenvalue weighted by Gasteiger charge is 2.28. The van der Waals surface area contributed by atoms with Crippen LogP contribution in [0.15, 0.2) is 18.2 Å². The fraction of sp³-hybridized carbons (Fsp3) is 0.562. The normalized spacial score (nSPS) is 18.8. The first kappa shape index (κ1) is 16.2. The van der Waals surface area contributed by atoms with Crippen LogP contribution in [-0.4, -0.2) is 25.7 Å². The van der Waals surface area contributed by atoms with Gasteiger partial charge in [0.1, 0.15) is 5.82 Å². The van der Waals surface area contributed by atoms with Crippen molar-refractivity contribution >= 4 is 17.5 Å². The van der Waals surface area contributed by atoms with Crippen LogP contribution in [0.5, 0.6) is 0 Å². The van der Waals surface area contributed by atoms with Gasteiger partial charge < -0.3 is 10.1 Å². The molecule has 2 rings (SSSR count). The molecule has 0 spiro atoms. The highest BCUT2D eigenvalue weighted by molar-refractivity contribution is 6.31. The monoisotopic (exact) mass is 313 g/mol. The third-order valence-corrected chi connectivity index (χ3v) is 4.18. The summed E-state index contributed by atoms with van der Waals surface area (Å²) in [6, 6.07) is 4.63. The molecule has 0 saturated carbocycles. The first-order chi connectivity index (χ1) is 9.90. The fourth-order valence-electron chi connectivity index (χ4n) is 2.63. The molecule has 1 fully saturated rings. The molecular formula is C16H21ClFNO2. The summed E-state index contributed by atoms with van der Waals surface area (Å²) in [5, 5.41) is 3.27. The summed E-state index contributed by atoms with van der Waals surface area (Å²) in [5.74, 6) is -0.0675. The van der Waals surface area contributed by atoms with E-state index in [1.54, 1.807) is 12.1 Å². The van der Waals surface area contributed by atoms with Gasteiger partial charge in [0.15, 0.2) is 0 Å². The Labute approximate surface area is 129 Å². The van der Waals surface area contributed by atoms with Crippen molar-refractivity contribution in [3.63, 3.8) is 0 Å². The zero-order valence-electron chi connectivity index (χ0n) is 12.4. The van der Waals surface area contributed by atoms with Crippen LogP contribution < -0.4 is 5.32 Å². The van der Waals surface area contributed by atoms with Crippen molar-refractivity contribution in [3.8, 4) is 0 Å². The van der Waals surface area contributed by atoms with Crippen molar-refractivity contribution in [3.05, 3.63) is 34.6 Å². The molecule has 5 heteroatoms. The molecule has 1 saturated heterocycles. The van der Waals surface area contributed by atoms with E-state index in [1.807, 2.05) is 13.8 Å². The van der Waals surface area contributed by atoms with Gasteiger partial charge in [0.05, 0.1) is 0 Å². The molecule has 116 valence electrons. The van der Waals surface area contributed by atoms with Crippen LogP contribution in [0.3, 0.4) is 0 Å². The maximum absolute atomic E-state index is 14.0. The molecule has 21 heavy (non-hydrogen) atoms. The van der Waals surface area contributed by atoms with E-state index >= 15 is 0 Å². The van der Waals surface area contributed by atoms with Crippen LogP contribution in [0.25, 0.3) is 0 Å². The number of hydrogen-bond donors (Lipinski definition) is 1. The van der Waals surface area contributed by atoms with Gasteiger partial charge in [-0.2, -0.15) is 0 Å². The van der Waals surface area contributed by atoms with Crippen LogP contribution in [0, 0.1) is 11.7 Å². The number of carbonyl (C=O) groups is 1. The second-order valence-electron chi connectivity index (χ2n) is 6.19. The summed E-state index contributed by atoms with van der Waals surface area (Å²) in [6.07, 6.45) is 1.39. The van der Waals surface area contributed by atoms with Crippen LogP contribution >= 0.6 is 11.6 Å². The van der Waals surface area contributed by atoms with E-state index in [1.165, 1.54) is 6.07 Å². The Morgan fingerprint density at radius 2 is 2.29 bits per heavy atom. The van der Waals surface area contributed by atoms with Crippen LogP contribution in [0.2, 0.25) is 5.02 Å². The molecule has 1 aliphatic heterocycles. The van der Waals surface area contributed by atoms with Gasteiger partial charge in [0.2, 0.25) is 5.91 Å². The SMILES string of the molecule is CC(C)(CNC(=O)C[C@H]1CCOC1)c1c(F)cccc1Cl. The van der Waals surface area contributed by atoms with Crippen LogP contribution in [-0.2, 0) is 14.9 Å². The lowest BCUT2D eigenvalue weighted by Crippen LogP contribution is -2.38. The van der Waals surface area contributed by atoms with E-state index in [0.717, 1.165) is 13.0 Å². The number of hydrogen-bond acceptors (Lipinski definition) is 2. The Kier molecular flexibility index (Phi) is 5.22. The van der Waals surface area contributed by atoms with E-state index in [9.17, 15) is 9.18 Å². The molecule has 1 aromatic rings. The third-order valence-electron chi connectivity index (χ3n) is 3.87. The van der Waals surface area contributed by atoms with Gasteiger partial charge in [-0.3, -0.25) is 4.79 Å². The van der Waals surface area contributed by atoms with Crippen molar-refractivity contribution in [1.29, 1.82) is 0 Å². The number of rotatable bonds is 5. The molecule has 1 amide bonds. The van der Waals surface area contributed by atoms with Crippen LogP contribution in [0.1, 0.15) is 32.3 Å². The Balaban J connectivity index is 1.95. The molecule has 0 unspecified atom stereocenters. The van der Waals surface area contributed by atoms with Gasteiger partial charge in [-0.05, 0) is 24.5 Å². The van der Waals surface area contributed by atoms with Crippen molar-refractivity contribution in [2.75, 3.05) is 19.8 Å². The quantitative estimate of drug-likeness (QED) is 0.906. The summed E-state index contributed by atoms with van der Waals surface area (Å²) in [5.41, 5.74) is -0.124.